The summed E-state index contributed by atoms with van der Waals surface area (Å²) in [5, 5.41) is -0.226. The van der Waals surface area contributed by atoms with E-state index in [0.717, 1.165) is 4.57 Å². The Morgan fingerprint density at radius 3 is 2.17 bits per heavy atom. The molecule has 3 heterocycles. The highest BCUT2D eigenvalue weighted by Gasteiger charge is 2.52. The molecule has 6 nitrogen and oxygen atoms in total. The van der Waals surface area contributed by atoms with Gasteiger partial charge < -0.3 is 14.0 Å². The molecule has 29 heavy (non-hydrogen) atoms. The number of aromatic nitrogens is 2. The standard InChI is InChI=1S/C19H24BF3N2O4/c1-16(2,3)27-15(26)25-10-13(19(21,22)23)12-8-11(9-24-14(12)25)20-28-17(4,5)18(6,7)29-20/h8-10H,1-7H3. The Kier molecular flexibility index (Phi) is 4.83. The number of alkyl halides is 3. The molecule has 1 aliphatic rings. The van der Waals surface area contributed by atoms with Crippen molar-refractivity contribution in [2.75, 3.05) is 0 Å². The average Bonchev–Trinajstić information content (AvgIpc) is 3.00. The normalized spacial score (nSPS) is 19.0. The van der Waals surface area contributed by atoms with E-state index in [2.05, 4.69) is 4.98 Å². The average molecular weight is 412 g/mol. The van der Waals surface area contributed by atoms with Gasteiger partial charge in [-0.15, -0.1) is 0 Å². The maximum Gasteiger partial charge on any atom is 0.496 e. The Morgan fingerprint density at radius 1 is 1.14 bits per heavy atom. The second-order valence-electron chi connectivity index (χ2n) is 9.12. The molecule has 10 heteroatoms. The highest BCUT2D eigenvalue weighted by Crippen LogP contribution is 2.38. The maximum absolute atomic E-state index is 13.6. The van der Waals surface area contributed by atoms with Gasteiger partial charge in [-0.25, -0.2) is 14.3 Å². The summed E-state index contributed by atoms with van der Waals surface area (Å²) >= 11 is 0. The van der Waals surface area contributed by atoms with Gasteiger partial charge in [-0.1, -0.05) is 0 Å². The number of carbonyl (C=O) groups is 1. The SMILES string of the molecule is CC(C)(C)OC(=O)n1cc(C(F)(F)F)c2cc(B3OC(C)(C)C(C)(C)O3)cnc21. The molecule has 0 bridgehead atoms. The Morgan fingerprint density at radius 2 is 1.69 bits per heavy atom. The molecule has 0 aliphatic carbocycles. The fourth-order valence-electron chi connectivity index (χ4n) is 2.91. The number of nitrogens with zero attached hydrogens (tertiary/aromatic N) is 2. The maximum atomic E-state index is 13.6. The molecule has 0 amide bonds. The van der Waals surface area contributed by atoms with E-state index in [1.54, 1.807) is 20.8 Å². The van der Waals surface area contributed by atoms with Gasteiger partial charge in [0.2, 0.25) is 0 Å². The van der Waals surface area contributed by atoms with Crippen LogP contribution in [-0.4, -0.2) is 39.6 Å². The number of halogens is 3. The van der Waals surface area contributed by atoms with Crippen molar-refractivity contribution in [3.63, 3.8) is 0 Å². The van der Waals surface area contributed by atoms with Gasteiger partial charge in [-0.05, 0) is 54.5 Å². The predicted octanol–water partition coefficient (Wildman–Crippen LogP) is 4.14. The van der Waals surface area contributed by atoms with Crippen LogP contribution in [0.1, 0.15) is 54.0 Å². The van der Waals surface area contributed by atoms with Crippen LogP contribution in [0, 0.1) is 0 Å². The van der Waals surface area contributed by atoms with Crippen molar-refractivity contribution in [2.45, 2.75) is 71.4 Å². The van der Waals surface area contributed by atoms with Gasteiger partial charge in [0, 0.05) is 23.2 Å². The smallest absolute Gasteiger partial charge is 0.443 e. The largest absolute Gasteiger partial charge is 0.496 e. The third-order valence-corrected chi connectivity index (χ3v) is 5.09. The Labute approximate surface area is 167 Å². The van der Waals surface area contributed by atoms with E-state index in [1.165, 1.54) is 12.3 Å². The molecule has 0 spiro atoms. The molecular formula is C19H24BF3N2O4. The van der Waals surface area contributed by atoms with E-state index in [0.29, 0.717) is 11.7 Å². The fourth-order valence-corrected chi connectivity index (χ4v) is 2.91. The number of carbonyl (C=O) groups excluding carboxylic acids is 1. The zero-order valence-corrected chi connectivity index (χ0v) is 17.5. The van der Waals surface area contributed by atoms with E-state index >= 15 is 0 Å². The van der Waals surface area contributed by atoms with Crippen LogP contribution in [0.25, 0.3) is 11.0 Å². The summed E-state index contributed by atoms with van der Waals surface area (Å²) in [5.74, 6) is 0. The summed E-state index contributed by atoms with van der Waals surface area (Å²) in [4.78, 5) is 16.5. The van der Waals surface area contributed by atoms with E-state index in [-0.39, 0.29) is 11.0 Å². The van der Waals surface area contributed by atoms with Crippen molar-refractivity contribution in [3.8, 4) is 0 Å². The van der Waals surface area contributed by atoms with Crippen LogP contribution in [-0.2, 0) is 20.2 Å². The second kappa shape index (κ2) is 6.47. The number of rotatable bonds is 1. The lowest BCUT2D eigenvalue weighted by Gasteiger charge is -2.32. The van der Waals surface area contributed by atoms with Gasteiger partial charge in [0.25, 0.3) is 0 Å². The first-order chi connectivity index (χ1) is 13.0. The second-order valence-corrected chi connectivity index (χ2v) is 9.12. The van der Waals surface area contributed by atoms with Gasteiger partial charge >= 0.3 is 19.4 Å². The van der Waals surface area contributed by atoms with E-state index < -0.39 is 41.8 Å². The summed E-state index contributed by atoms with van der Waals surface area (Å²) in [7, 11) is -0.872. The van der Waals surface area contributed by atoms with Crippen molar-refractivity contribution >= 4 is 29.7 Å². The number of ether oxygens (including phenoxy) is 1. The minimum absolute atomic E-state index is 0.146. The van der Waals surface area contributed by atoms with E-state index in [9.17, 15) is 18.0 Å². The lowest BCUT2D eigenvalue weighted by atomic mass is 9.80. The highest BCUT2D eigenvalue weighted by atomic mass is 19.4. The summed E-state index contributed by atoms with van der Waals surface area (Å²) in [5.41, 5.74) is -2.96. The van der Waals surface area contributed by atoms with E-state index in [1.807, 2.05) is 27.7 Å². The van der Waals surface area contributed by atoms with Gasteiger partial charge in [0.1, 0.15) is 11.2 Å². The molecule has 1 fully saturated rings. The first kappa shape index (κ1) is 21.6. The minimum Gasteiger partial charge on any atom is -0.443 e. The summed E-state index contributed by atoms with van der Waals surface area (Å²) in [6.07, 6.45) is -3.55. The first-order valence-electron chi connectivity index (χ1n) is 9.19. The Hall–Kier alpha value is -2.07. The third-order valence-electron chi connectivity index (χ3n) is 5.09. The Bertz CT molecular complexity index is 945. The predicted molar refractivity (Wildman–Crippen MR) is 102 cm³/mol. The van der Waals surface area contributed by atoms with Gasteiger partial charge in [-0.3, -0.25) is 0 Å². The summed E-state index contributed by atoms with van der Waals surface area (Å²) in [6, 6.07) is 1.30. The van der Waals surface area contributed by atoms with Crippen LogP contribution < -0.4 is 5.46 Å². The topological polar surface area (TPSA) is 62.6 Å². The van der Waals surface area contributed by atoms with Gasteiger partial charge in [-0.2, -0.15) is 13.2 Å². The molecule has 2 aromatic heterocycles. The number of hydrogen-bond donors (Lipinski definition) is 0. The monoisotopic (exact) mass is 412 g/mol. The lowest BCUT2D eigenvalue weighted by Crippen LogP contribution is -2.41. The number of pyridine rings is 1. The highest BCUT2D eigenvalue weighted by molar-refractivity contribution is 6.62. The van der Waals surface area contributed by atoms with Crippen LogP contribution >= 0.6 is 0 Å². The van der Waals surface area contributed by atoms with Crippen LogP contribution in [0.5, 0.6) is 0 Å². The van der Waals surface area contributed by atoms with Crippen LogP contribution in [0.2, 0.25) is 0 Å². The third kappa shape index (κ3) is 4.00. The van der Waals surface area contributed by atoms with Crippen molar-refractivity contribution < 1.29 is 32.0 Å². The molecule has 158 valence electrons. The first-order valence-corrected chi connectivity index (χ1v) is 9.19. The van der Waals surface area contributed by atoms with E-state index in [4.69, 9.17) is 14.0 Å². The molecule has 0 saturated carbocycles. The molecule has 0 aromatic carbocycles. The number of fused-ring (bicyclic) bond motifs is 1. The molecule has 0 N–H and O–H groups in total. The summed E-state index contributed by atoms with van der Waals surface area (Å²) < 4.78 is 58.7. The van der Waals surface area contributed by atoms with Gasteiger partial charge in [0.15, 0.2) is 0 Å². The van der Waals surface area contributed by atoms with Crippen LogP contribution in [0.3, 0.4) is 0 Å². The van der Waals surface area contributed by atoms with Crippen molar-refractivity contribution in [2.24, 2.45) is 0 Å². The fraction of sp³-hybridized carbons (Fsp3) is 0.579. The van der Waals surface area contributed by atoms with Crippen LogP contribution in [0.4, 0.5) is 18.0 Å². The van der Waals surface area contributed by atoms with Crippen molar-refractivity contribution in [3.05, 3.63) is 24.0 Å². The van der Waals surface area contributed by atoms with Gasteiger partial charge in [0.05, 0.1) is 16.8 Å². The molecule has 0 atom stereocenters. The quantitative estimate of drug-likeness (QED) is 0.659. The molecule has 0 radical (unpaired) electrons. The van der Waals surface area contributed by atoms with Crippen LogP contribution in [0.15, 0.2) is 18.5 Å². The van der Waals surface area contributed by atoms with Crippen molar-refractivity contribution in [1.29, 1.82) is 0 Å². The lowest BCUT2D eigenvalue weighted by molar-refractivity contribution is -0.136. The van der Waals surface area contributed by atoms with Crippen molar-refractivity contribution in [1.82, 2.24) is 9.55 Å². The molecule has 2 aromatic rings. The molecular weight excluding hydrogens is 388 g/mol. The zero-order chi connectivity index (χ0) is 22.0. The molecule has 1 saturated heterocycles. The zero-order valence-electron chi connectivity index (χ0n) is 17.5. The molecule has 3 rings (SSSR count). The summed E-state index contributed by atoms with van der Waals surface area (Å²) in [6.45, 7) is 12.3. The number of hydrogen-bond acceptors (Lipinski definition) is 5. The molecule has 1 aliphatic heterocycles. The minimum atomic E-state index is -4.68. The Balaban J connectivity index is 2.10. The molecule has 0 unspecified atom stereocenters.